The molecule has 1 heterocycles. The van der Waals surface area contributed by atoms with Gasteiger partial charge in [0.05, 0.1) is 22.2 Å². The van der Waals surface area contributed by atoms with Crippen molar-refractivity contribution in [2.45, 2.75) is 33.2 Å². The van der Waals surface area contributed by atoms with Crippen molar-refractivity contribution in [3.63, 3.8) is 0 Å². The maximum Gasteiger partial charge on any atom is 0.173 e. The highest BCUT2D eigenvalue weighted by atomic mass is 35.5. The zero-order valence-corrected chi connectivity index (χ0v) is 15.4. The van der Waals surface area contributed by atoms with Gasteiger partial charge in [0, 0.05) is 12.6 Å². The monoisotopic (exact) mass is 360 g/mol. The fraction of sp³-hybridized carbons (Fsp3) is 0.533. The summed E-state index contributed by atoms with van der Waals surface area (Å²) in [4.78, 5) is 1.94. The van der Waals surface area contributed by atoms with E-state index in [1.165, 1.54) is 0 Å². The first-order chi connectivity index (χ1) is 10.2. The zero-order chi connectivity index (χ0) is 16.5. The standard InChI is InChI=1S/C15H21ClN2O2S2/c1-4-18(12-5-6-22(19,20)9-12)15(21)17-14-11(3)7-10(2)8-13(14)16/h7-8,12H,4-6,9H2,1-3H3,(H,17,21)/t12-/m0/s1. The van der Waals surface area contributed by atoms with E-state index in [1.54, 1.807) is 0 Å². The summed E-state index contributed by atoms with van der Waals surface area (Å²) in [5.41, 5.74) is 2.90. The molecule has 1 aromatic carbocycles. The summed E-state index contributed by atoms with van der Waals surface area (Å²) < 4.78 is 23.4. The van der Waals surface area contributed by atoms with Gasteiger partial charge in [-0.25, -0.2) is 8.42 Å². The Labute approximate surface area is 142 Å². The SMILES string of the molecule is CCN(C(=S)Nc1c(C)cc(C)cc1Cl)[C@H]1CCS(=O)(=O)C1. The van der Waals surface area contributed by atoms with Crippen molar-refractivity contribution in [1.29, 1.82) is 0 Å². The van der Waals surface area contributed by atoms with Crippen LogP contribution in [0.25, 0.3) is 0 Å². The summed E-state index contributed by atoms with van der Waals surface area (Å²) in [7, 11) is -2.93. The molecule has 0 amide bonds. The fourth-order valence-corrected chi connectivity index (χ4v) is 5.32. The third-order valence-corrected chi connectivity index (χ3v) is 6.30. The van der Waals surface area contributed by atoms with Crippen molar-refractivity contribution in [2.24, 2.45) is 0 Å². The van der Waals surface area contributed by atoms with Gasteiger partial charge in [0.15, 0.2) is 14.9 Å². The van der Waals surface area contributed by atoms with Crippen LogP contribution in [0.15, 0.2) is 12.1 Å². The number of nitrogens with one attached hydrogen (secondary N) is 1. The molecule has 1 aromatic rings. The van der Waals surface area contributed by atoms with Crippen LogP contribution in [0.3, 0.4) is 0 Å². The van der Waals surface area contributed by atoms with Crippen LogP contribution < -0.4 is 5.32 Å². The summed E-state index contributed by atoms with van der Waals surface area (Å²) in [5, 5.41) is 4.34. The van der Waals surface area contributed by atoms with Gasteiger partial charge >= 0.3 is 0 Å². The topological polar surface area (TPSA) is 49.4 Å². The Hall–Kier alpha value is -0.850. The predicted octanol–water partition coefficient (Wildman–Crippen LogP) is 3.16. The highest BCUT2D eigenvalue weighted by molar-refractivity contribution is 7.91. The average molecular weight is 361 g/mol. The lowest BCUT2D eigenvalue weighted by atomic mass is 10.1. The van der Waals surface area contributed by atoms with Gasteiger partial charge in [-0.1, -0.05) is 17.7 Å². The van der Waals surface area contributed by atoms with Crippen LogP contribution >= 0.6 is 23.8 Å². The van der Waals surface area contributed by atoms with Crippen molar-refractivity contribution in [1.82, 2.24) is 4.90 Å². The van der Waals surface area contributed by atoms with Gasteiger partial charge < -0.3 is 10.2 Å². The molecule has 0 bridgehead atoms. The van der Waals surface area contributed by atoms with E-state index in [1.807, 2.05) is 37.8 Å². The summed E-state index contributed by atoms with van der Waals surface area (Å²) >= 11 is 11.8. The number of aryl methyl sites for hydroxylation is 2. The number of thiocarbonyl (C=S) groups is 1. The maximum atomic E-state index is 11.7. The Morgan fingerprint density at radius 3 is 2.64 bits per heavy atom. The third kappa shape index (κ3) is 3.91. The molecule has 1 aliphatic rings. The largest absolute Gasteiger partial charge is 0.345 e. The van der Waals surface area contributed by atoms with Crippen molar-refractivity contribution in [2.75, 3.05) is 23.4 Å². The van der Waals surface area contributed by atoms with E-state index in [0.29, 0.717) is 23.1 Å². The quantitative estimate of drug-likeness (QED) is 0.839. The van der Waals surface area contributed by atoms with Gasteiger partial charge in [-0.05, 0) is 56.6 Å². The Balaban J connectivity index is 2.17. The van der Waals surface area contributed by atoms with E-state index >= 15 is 0 Å². The van der Waals surface area contributed by atoms with Crippen LogP contribution in [0.5, 0.6) is 0 Å². The molecule has 1 aliphatic heterocycles. The summed E-state index contributed by atoms with van der Waals surface area (Å²) in [6.07, 6.45) is 0.624. The van der Waals surface area contributed by atoms with Gasteiger partial charge in [0.25, 0.3) is 0 Å². The van der Waals surface area contributed by atoms with Gasteiger partial charge in [-0.2, -0.15) is 0 Å². The molecule has 4 nitrogen and oxygen atoms in total. The van der Waals surface area contributed by atoms with E-state index in [4.69, 9.17) is 23.8 Å². The van der Waals surface area contributed by atoms with Crippen LogP contribution in [0.4, 0.5) is 5.69 Å². The molecule has 1 N–H and O–H groups in total. The molecule has 0 spiro atoms. The number of rotatable bonds is 3. The van der Waals surface area contributed by atoms with Gasteiger partial charge in [-0.15, -0.1) is 0 Å². The Morgan fingerprint density at radius 2 is 2.14 bits per heavy atom. The van der Waals surface area contributed by atoms with Crippen molar-refractivity contribution >= 4 is 44.5 Å². The Kier molecular flexibility index (Phi) is 5.35. The highest BCUT2D eigenvalue weighted by Gasteiger charge is 2.32. The fourth-order valence-electron chi connectivity index (χ4n) is 2.84. The van der Waals surface area contributed by atoms with Crippen LogP contribution in [0.1, 0.15) is 24.5 Å². The molecule has 22 heavy (non-hydrogen) atoms. The number of sulfone groups is 1. The predicted molar refractivity (Wildman–Crippen MR) is 96.6 cm³/mol. The average Bonchev–Trinajstić information content (AvgIpc) is 2.75. The summed E-state index contributed by atoms with van der Waals surface area (Å²) in [6, 6.07) is 3.86. The molecule has 7 heteroatoms. The zero-order valence-electron chi connectivity index (χ0n) is 13.0. The summed E-state index contributed by atoms with van der Waals surface area (Å²) in [6.45, 7) is 6.60. The van der Waals surface area contributed by atoms with E-state index in [2.05, 4.69) is 5.32 Å². The second kappa shape index (κ2) is 6.72. The van der Waals surface area contributed by atoms with E-state index in [9.17, 15) is 8.42 Å². The Morgan fingerprint density at radius 1 is 1.45 bits per heavy atom. The second-order valence-corrected chi connectivity index (χ2v) is 8.73. The van der Waals surface area contributed by atoms with Gasteiger partial charge in [-0.3, -0.25) is 0 Å². The third-order valence-electron chi connectivity index (χ3n) is 3.91. The first kappa shape index (κ1) is 17.5. The number of benzene rings is 1. The first-order valence-corrected chi connectivity index (χ1v) is 9.89. The Bertz CT molecular complexity index is 666. The van der Waals surface area contributed by atoms with Crippen LogP contribution in [0, 0.1) is 13.8 Å². The van der Waals surface area contributed by atoms with Crippen molar-refractivity contribution in [3.05, 3.63) is 28.3 Å². The minimum atomic E-state index is -2.93. The van der Waals surface area contributed by atoms with E-state index < -0.39 is 9.84 Å². The number of anilines is 1. The second-order valence-electron chi connectivity index (χ2n) is 5.71. The van der Waals surface area contributed by atoms with Crippen LogP contribution in [0.2, 0.25) is 5.02 Å². The van der Waals surface area contributed by atoms with Crippen molar-refractivity contribution < 1.29 is 8.42 Å². The van der Waals surface area contributed by atoms with E-state index in [-0.39, 0.29) is 17.5 Å². The minimum Gasteiger partial charge on any atom is -0.345 e. The lowest BCUT2D eigenvalue weighted by Crippen LogP contribution is -2.43. The molecule has 0 aromatic heterocycles. The lowest BCUT2D eigenvalue weighted by Gasteiger charge is -2.30. The first-order valence-electron chi connectivity index (χ1n) is 7.28. The molecular weight excluding hydrogens is 340 g/mol. The summed E-state index contributed by atoms with van der Waals surface area (Å²) in [5.74, 6) is 0.407. The van der Waals surface area contributed by atoms with Gasteiger partial charge in [0.1, 0.15) is 0 Å². The minimum absolute atomic E-state index is 0.0560. The van der Waals surface area contributed by atoms with E-state index in [0.717, 1.165) is 16.8 Å². The number of nitrogens with zero attached hydrogens (tertiary/aromatic N) is 1. The molecule has 0 radical (unpaired) electrons. The molecule has 0 unspecified atom stereocenters. The number of hydrogen-bond donors (Lipinski definition) is 1. The smallest absolute Gasteiger partial charge is 0.173 e. The normalized spacial score (nSPS) is 19.9. The number of halogens is 1. The molecule has 122 valence electrons. The molecule has 1 fully saturated rings. The molecule has 2 rings (SSSR count). The number of hydrogen-bond acceptors (Lipinski definition) is 3. The highest BCUT2D eigenvalue weighted by Crippen LogP contribution is 2.28. The maximum absolute atomic E-state index is 11.7. The van der Waals surface area contributed by atoms with Crippen LogP contribution in [-0.4, -0.2) is 42.5 Å². The molecule has 1 atom stereocenters. The van der Waals surface area contributed by atoms with Crippen molar-refractivity contribution in [3.8, 4) is 0 Å². The lowest BCUT2D eigenvalue weighted by molar-refractivity contribution is 0.355. The molecule has 0 saturated carbocycles. The molecule has 1 saturated heterocycles. The molecule has 0 aliphatic carbocycles. The van der Waals surface area contributed by atoms with Crippen LogP contribution in [-0.2, 0) is 9.84 Å². The van der Waals surface area contributed by atoms with Gasteiger partial charge in [0.2, 0.25) is 0 Å². The molecular formula is C15H21ClN2O2S2.